The van der Waals surface area contributed by atoms with Crippen molar-refractivity contribution in [3.63, 3.8) is 0 Å². The molecule has 1 heterocycles. The summed E-state index contributed by atoms with van der Waals surface area (Å²) in [6.45, 7) is 1.79. The molecule has 2 aromatic rings. The molecule has 142 valence electrons. The van der Waals surface area contributed by atoms with E-state index in [9.17, 15) is 31.5 Å². The van der Waals surface area contributed by atoms with Crippen LogP contribution >= 0.6 is 0 Å². The minimum Gasteiger partial charge on any atom is -0.478 e. The lowest BCUT2D eigenvalue weighted by atomic mass is 10.1. The molecule has 10 heteroatoms. The van der Waals surface area contributed by atoms with Crippen LogP contribution in [0.2, 0.25) is 0 Å². The van der Waals surface area contributed by atoms with Crippen LogP contribution in [0.25, 0.3) is 0 Å². The Labute approximate surface area is 149 Å². The van der Waals surface area contributed by atoms with E-state index in [1.807, 2.05) is 0 Å². The molecule has 0 bridgehead atoms. The molecule has 0 saturated heterocycles. The van der Waals surface area contributed by atoms with E-state index in [4.69, 9.17) is 4.74 Å². The number of carbonyl (C=O) groups is 2. The second-order valence-electron chi connectivity index (χ2n) is 5.79. The van der Waals surface area contributed by atoms with Gasteiger partial charge in [0, 0.05) is 0 Å². The number of fused-ring (bicyclic) bond motifs is 1. The number of rotatable bonds is 3. The standard InChI is InChI=1S/C17H11F5N2O3/c1-6-2-3-8-7(4-6)23-17(26)9(27-8)5-10(25)24-16-14(21)12(19)11(18)13(20)15(16)22/h2-4,9H,5H2,1H3,(H,23,26)(H,24,25)/t9-/m1/s1. The van der Waals surface area contributed by atoms with Gasteiger partial charge in [-0.2, -0.15) is 0 Å². The molecule has 1 aliphatic heterocycles. The molecule has 0 aliphatic carbocycles. The summed E-state index contributed by atoms with van der Waals surface area (Å²) in [6, 6.07) is 4.89. The van der Waals surface area contributed by atoms with Crippen LogP contribution in [-0.4, -0.2) is 17.9 Å². The Morgan fingerprint density at radius 2 is 1.67 bits per heavy atom. The first-order valence-corrected chi connectivity index (χ1v) is 7.58. The highest BCUT2D eigenvalue weighted by atomic mass is 19.2. The molecular weight excluding hydrogens is 375 g/mol. The molecule has 0 aromatic heterocycles. The minimum absolute atomic E-state index is 0.272. The third kappa shape index (κ3) is 3.42. The van der Waals surface area contributed by atoms with Gasteiger partial charge in [0.15, 0.2) is 29.4 Å². The molecule has 0 radical (unpaired) electrons. The topological polar surface area (TPSA) is 67.4 Å². The number of ether oxygens (including phenoxy) is 1. The van der Waals surface area contributed by atoms with Crippen LogP contribution < -0.4 is 15.4 Å². The van der Waals surface area contributed by atoms with Crippen LogP contribution in [0.3, 0.4) is 0 Å². The third-order valence-electron chi connectivity index (χ3n) is 3.80. The van der Waals surface area contributed by atoms with Gasteiger partial charge in [-0.25, -0.2) is 22.0 Å². The summed E-state index contributed by atoms with van der Waals surface area (Å²) in [7, 11) is 0. The first-order chi connectivity index (χ1) is 12.7. The van der Waals surface area contributed by atoms with Crippen molar-refractivity contribution in [3.8, 4) is 5.75 Å². The summed E-state index contributed by atoms with van der Waals surface area (Å²) in [5, 5.41) is 4.10. The van der Waals surface area contributed by atoms with Gasteiger partial charge >= 0.3 is 0 Å². The fourth-order valence-corrected chi connectivity index (χ4v) is 2.47. The van der Waals surface area contributed by atoms with E-state index in [2.05, 4.69) is 5.32 Å². The molecule has 0 fully saturated rings. The Hall–Kier alpha value is -3.17. The van der Waals surface area contributed by atoms with Gasteiger partial charge in [-0.3, -0.25) is 9.59 Å². The Morgan fingerprint density at radius 3 is 2.30 bits per heavy atom. The van der Waals surface area contributed by atoms with E-state index in [1.165, 1.54) is 0 Å². The van der Waals surface area contributed by atoms with Crippen molar-refractivity contribution in [2.75, 3.05) is 10.6 Å². The second-order valence-corrected chi connectivity index (χ2v) is 5.79. The zero-order valence-corrected chi connectivity index (χ0v) is 13.6. The smallest absolute Gasteiger partial charge is 0.266 e. The predicted octanol–water partition coefficient (Wildman–Crippen LogP) is 3.42. The van der Waals surface area contributed by atoms with Gasteiger partial charge in [-0.05, 0) is 24.6 Å². The first-order valence-electron chi connectivity index (χ1n) is 7.58. The van der Waals surface area contributed by atoms with Gasteiger partial charge in [-0.1, -0.05) is 6.07 Å². The van der Waals surface area contributed by atoms with Crippen molar-refractivity contribution in [2.24, 2.45) is 0 Å². The highest BCUT2D eigenvalue weighted by molar-refractivity contribution is 6.02. The molecule has 0 unspecified atom stereocenters. The van der Waals surface area contributed by atoms with Crippen molar-refractivity contribution in [1.29, 1.82) is 0 Å². The van der Waals surface area contributed by atoms with E-state index in [1.54, 1.807) is 30.4 Å². The molecule has 2 N–H and O–H groups in total. The van der Waals surface area contributed by atoms with Crippen LogP contribution in [0.4, 0.5) is 33.3 Å². The number of amides is 2. The summed E-state index contributed by atoms with van der Waals surface area (Å²) in [5.74, 6) is -12.7. The van der Waals surface area contributed by atoms with Crippen LogP contribution in [0.1, 0.15) is 12.0 Å². The van der Waals surface area contributed by atoms with E-state index in [0.29, 0.717) is 5.69 Å². The number of hydrogen-bond donors (Lipinski definition) is 2. The summed E-state index contributed by atoms with van der Waals surface area (Å²) in [4.78, 5) is 24.0. The van der Waals surface area contributed by atoms with Crippen molar-refractivity contribution in [2.45, 2.75) is 19.4 Å². The summed E-state index contributed by atoms with van der Waals surface area (Å²) in [5.41, 5.74) is -0.264. The highest BCUT2D eigenvalue weighted by Crippen LogP contribution is 2.31. The number of aryl methyl sites for hydroxylation is 1. The molecule has 0 spiro atoms. The van der Waals surface area contributed by atoms with E-state index in [0.717, 1.165) is 5.56 Å². The zero-order valence-electron chi connectivity index (χ0n) is 13.6. The monoisotopic (exact) mass is 386 g/mol. The Balaban J connectivity index is 1.77. The number of anilines is 2. The predicted molar refractivity (Wildman–Crippen MR) is 83.7 cm³/mol. The maximum absolute atomic E-state index is 13.6. The fraction of sp³-hybridized carbons (Fsp3) is 0.176. The minimum atomic E-state index is -2.34. The lowest BCUT2D eigenvalue weighted by Gasteiger charge is -2.25. The van der Waals surface area contributed by atoms with Crippen LogP contribution in [0, 0.1) is 36.0 Å². The SMILES string of the molecule is Cc1ccc2c(c1)NC(=O)[C@@H](CC(=O)Nc1c(F)c(F)c(F)c(F)c1F)O2. The lowest BCUT2D eigenvalue weighted by molar-refractivity contribution is -0.128. The molecular formula is C17H11F5N2O3. The van der Waals surface area contributed by atoms with Gasteiger partial charge in [-0.15, -0.1) is 0 Å². The van der Waals surface area contributed by atoms with Crippen molar-refractivity contribution >= 4 is 23.2 Å². The van der Waals surface area contributed by atoms with Crippen LogP contribution in [0.15, 0.2) is 18.2 Å². The summed E-state index contributed by atoms with van der Waals surface area (Å²) >= 11 is 0. The Morgan fingerprint density at radius 1 is 1.07 bits per heavy atom. The highest BCUT2D eigenvalue weighted by Gasteiger charge is 2.32. The summed E-state index contributed by atoms with van der Waals surface area (Å²) in [6.07, 6.45) is -2.06. The molecule has 2 aromatic carbocycles. The molecule has 0 saturated carbocycles. The van der Waals surface area contributed by atoms with E-state index >= 15 is 0 Å². The summed E-state index contributed by atoms with van der Waals surface area (Å²) < 4.78 is 71.9. The van der Waals surface area contributed by atoms with Crippen molar-refractivity contribution in [3.05, 3.63) is 52.8 Å². The van der Waals surface area contributed by atoms with E-state index < -0.39 is 59.1 Å². The number of hydrogen-bond acceptors (Lipinski definition) is 3. The lowest BCUT2D eigenvalue weighted by Crippen LogP contribution is -2.39. The third-order valence-corrected chi connectivity index (χ3v) is 3.80. The van der Waals surface area contributed by atoms with Gasteiger partial charge in [0.25, 0.3) is 5.91 Å². The molecule has 1 aliphatic rings. The number of nitrogens with one attached hydrogen (secondary N) is 2. The number of carbonyl (C=O) groups excluding carboxylic acids is 2. The average Bonchev–Trinajstić information content (AvgIpc) is 2.63. The largest absolute Gasteiger partial charge is 0.478 e. The molecule has 1 atom stereocenters. The molecule has 27 heavy (non-hydrogen) atoms. The maximum Gasteiger partial charge on any atom is 0.266 e. The van der Waals surface area contributed by atoms with Gasteiger partial charge in [0.05, 0.1) is 12.1 Å². The number of halogens is 5. The van der Waals surface area contributed by atoms with Crippen LogP contribution in [0.5, 0.6) is 5.75 Å². The fourth-order valence-electron chi connectivity index (χ4n) is 2.47. The maximum atomic E-state index is 13.6. The quantitative estimate of drug-likeness (QED) is 0.483. The molecule has 3 rings (SSSR count). The Bertz CT molecular complexity index is 935. The van der Waals surface area contributed by atoms with Gasteiger partial charge in [0.1, 0.15) is 11.4 Å². The van der Waals surface area contributed by atoms with Crippen molar-refractivity contribution < 1.29 is 36.3 Å². The van der Waals surface area contributed by atoms with E-state index in [-0.39, 0.29) is 5.75 Å². The van der Waals surface area contributed by atoms with Crippen molar-refractivity contribution in [1.82, 2.24) is 0 Å². The average molecular weight is 386 g/mol. The molecule has 5 nitrogen and oxygen atoms in total. The Kier molecular flexibility index (Phi) is 4.73. The molecule has 2 amide bonds. The zero-order chi connectivity index (χ0) is 19.9. The normalized spacial score (nSPS) is 15.6. The second kappa shape index (κ2) is 6.86. The van der Waals surface area contributed by atoms with Gasteiger partial charge < -0.3 is 15.4 Å². The first kappa shape index (κ1) is 18.6. The van der Waals surface area contributed by atoms with Crippen LogP contribution in [-0.2, 0) is 9.59 Å². The van der Waals surface area contributed by atoms with Gasteiger partial charge in [0.2, 0.25) is 11.7 Å². The number of benzene rings is 2.